The molecule has 8 heteroatoms. The summed E-state index contributed by atoms with van der Waals surface area (Å²) in [6.45, 7) is 3.96. The van der Waals surface area contributed by atoms with E-state index >= 15 is 0 Å². The van der Waals surface area contributed by atoms with Crippen LogP contribution in [0.5, 0.6) is 17.2 Å². The molecule has 4 aliphatic rings. The summed E-state index contributed by atoms with van der Waals surface area (Å²) < 4.78 is 34.1. The molecule has 2 aromatic carbocycles. The summed E-state index contributed by atoms with van der Waals surface area (Å²) in [5, 5.41) is 0. The van der Waals surface area contributed by atoms with Crippen molar-refractivity contribution < 1.29 is 33.2 Å². The third-order valence-corrected chi connectivity index (χ3v) is 7.79. The fraction of sp³-hybridized carbons (Fsp3) is 0.464. The normalized spacial score (nSPS) is 20.9. The predicted molar refractivity (Wildman–Crippen MR) is 130 cm³/mol. The second kappa shape index (κ2) is 8.92. The maximum atomic E-state index is 13.8. The Morgan fingerprint density at radius 2 is 1.69 bits per heavy atom. The van der Waals surface area contributed by atoms with Gasteiger partial charge in [0, 0.05) is 24.9 Å². The lowest BCUT2D eigenvalue weighted by Crippen LogP contribution is -2.51. The number of methoxy groups -OCH3 is 1. The summed E-state index contributed by atoms with van der Waals surface area (Å²) in [6, 6.07) is 11.7. The molecule has 3 aliphatic heterocycles. The highest BCUT2D eigenvalue weighted by Gasteiger charge is 2.56. The number of fused-ring (bicyclic) bond motifs is 3. The molecule has 0 radical (unpaired) electrons. The molecule has 0 bridgehead atoms. The monoisotopic (exact) mass is 493 g/mol. The lowest BCUT2D eigenvalue weighted by molar-refractivity contribution is -0.180. The largest absolute Gasteiger partial charge is 0.497 e. The molecule has 1 aliphatic carbocycles. The molecule has 0 saturated heterocycles. The Morgan fingerprint density at radius 3 is 2.39 bits per heavy atom. The topological polar surface area (TPSA) is 75.7 Å². The highest BCUT2D eigenvalue weighted by Crippen LogP contribution is 2.55. The highest BCUT2D eigenvalue weighted by atomic mass is 16.7. The van der Waals surface area contributed by atoms with E-state index in [-0.39, 0.29) is 18.6 Å². The first-order chi connectivity index (χ1) is 17.5. The number of nitrogens with zero attached hydrogens (tertiary/aromatic N) is 1. The number of carbonyl (C=O) groups is 1. The molecule has 2 spiro atoms. The van der Waals surface area contributed by atoms with Gasteiger partial charge in [-0.25, -0.2) is 0 Å². The van der Waals surface area contributed by atoms with Crippen molar-refractivity contribution in [1.29, 1.82) is 0 Å². The molecule has 8 nitrogen and oxygen atoms in total. The van der Waals surface area contributed by atoms with Gasteiger partial charge in [0.05, 0.1) is 25.9 Å². The zero-order valence-corrected chi connectivity index (χ0v) is 20.7. The summed E-state index contributed by atoms with van der Waals surface area (Å²) in [7, 11) is 1.66. The highest BCUT2D eigenvalue weighted by molar-refractivity contribution is 6.01. The van der Waals surface area contributed by atoms with Gasteiger partial charge in [-0.2, -0.15) is 0 Å². The van der Waals surface area contributed by atoms with Crippen molar-refractivity contribution in [2.75, 3.05) is 27.1 Å². The minimum absolute atomic E-state index is 0.0349. The van der Waals surface area contributed by atoms with E-state index in [4.69, 9.17) is 28.4 Å². The van der Waals surface area contributed by atoms with Crippen LogP contribution in [0.4, 0.5) is 0 Å². The van der Waals surface area contributed by atoms with E-state index in [0.717, 1.165) is 29.7 Å². The third-order valence-electron chi connectivity index (χ3n) is 7.79. The molecule has 0 aromatic heterocycles. The van der Waals surface area contributed by atoms with Gasteiger partial charge in [-0.3, -0.25) is 4.79 Å². The van der Waals surface area contributed by atoms with Gasteiger partial charge in [-0.05, 0) is 54.2 Å². The SMILES string of the molecule is COc1ccc(COC[C@H](C)CN2C(=O)c3cc4c(cc3C23CCC2(CC3)OC=CO2)OCO4)cc1. The van der Waals surface area contributed by atoms with Crippen LogP contribution < -0.4 is 14.2 Å². The van der Waals surface area contributed by atoms with Crippen LogP contribution in [0, 0.1) is 5.92 Å². The van der Waals surface area contributed by atoms with Crippen molar-refractivity contribution in [3.63, 3.8) is 0 Å². The van der Waals surface area contributed by atoms with E-state index in [1.165, 1.54) is 0 Å². The Morgan fingerprint density at radius 1 is 1.00 bits per heavy atom. The van der Waals surface area contributed by atoms with Gasteiger partial charge < -0.3 is 33.3 Å². The molecule has 1 saturated carbocycles. The minimum atomic E-state index is -0.619. The zero-order chi connectivity index (χ0) is 24.8. The van der Waals surface area contributed by atoms with Crippen LogP contribution in [0.25, 0.3) is 0 Å². The second-order valence-corrected chi connectivity index (χ2v) is 10.1. The number of hydrogen-bond donors (Lipinski definition) is 0. The first-order valence-electron chi connectivity index (χ1n) is 12.5. The van der Waals surface area contributed by atoms with Crippen LogP contribution in [0.2, 0.25) is 0 Å². The van der Waals surface area contributed by atoms with Gasteiger partial charge in [0.25, 0.3) is 5.91 Å². The third kappa shape index (κ3) is 3.84. The van der Waals surface area contributed by atoms with Crippen molar-refractivity contribution in [2.45, 2.75) is 50.5 Å². The molecule has 190 valence electrons. The molecular formula is C28H31NO7. The predicted octanol–water partition coefficient (Wildman–Crippen LogP) is 4.72. The van der Waals surface area contributed by atoms with Gasteiger partial charge in [0.2, 0.25) is 12.6 Å². The van der Waals surface area contributed by atoms with Gasteiger partial charge in [0.1, 0.15) is 18.3 Å². The smallest absolute Gasteiger partial charge is 0.255 e. The lowest BCUT2D eigenvalue weighted by Gasteiger charge is -2.47. The van der Waals surface area contributed by atoms with Crippen LogP contribution in [-0.2, 0) is 26.4 Å². The molecule has 1 fully saturated rings. The molecule has 0 unspecified atom stereocenters. The Kier molecular flexibility index (Phi) is 5.71. The van der Waals surface area contributed by atoms with Crippen LogP contribution >= 0.6 is 0 Å². The van der Waals surface area contributed by atoms with Crippen molar-refractivity contribution >= 4 is 5.91 Å². The van der Waals surface area contributed by atoms with Gasteiger partial charge in [-0.15, -0.1) is 0 Å². The van der Waals surface area contributed by atoms with Gasteiger partial charge in [0.15, 0.2) is 11.5 Å². The van der Waals surface area contributed by atoms with Crippen LogP contribution in [0.1, 0.15) is 54.1 Å². The standard InChI is InChI=1S/C28H31NO7/c1-19(16-32-17-20-3-5-21(31-2)6-4-20)15-29-26(30)22-13-24-25(34-18-33-24)14-23(22)27(29)7-9-28(10-8-27)35-11-12-36-28/h3-6,11-14,19H,7-10,15-18H2,1-2H3/t19-/m1/s1. The molecular weight excluding hydrogens is 462 g/mol. The van der Waals surface area contributed by atoms with Crippen LogP contribution in [0.3, 0.4) is 0 Å². The quantitative estimate of drug-likeness (QED) is 0.553. The summed E-state index contributed by atoms with van der Waals surface area (Å²) >= 11 is 0. The number of carbonyl (C=O) groups excluding carboxylic acids is 1. The number of hydrogen-bond acceptors (Lipinski definition) is 7. The van der Waals surface area contributed by atoms with Crippen molar-refractivity contribution in [1.82, 2.24) is 4.90 Å². The molecule has 3 heterocycles. The summed E-state index contributed by atoms with van der Waals surface area (Å²) in [6.07, 6.45) is 6.10. The van der Waals surface area contributed by atoms with E-state index in [2.05, 4.69) is 6.92 Å². The number of benzene rings is 2. The average molecular weight is 494 g/mol. The Labute approximate surface area is 210 Å². The first-order valence-corrected chi connectivity index (χ1v) is 12.5. The zero-order valence-electron chi connectivity index (χ0n) is 20.7. The fourth-order valence-corrected chi connectivity index (χ4v) is 5.86. The van der Waals surface area contributed by atoms with Crippen molar-refractivity contribution in [3.05, 3.63) is 65.6 Å². The summed E-state index contributed by atoms with van der Waals surface area (Å²) in [5.41, 5.74) is 2.37. The average Bonchev–Trinajstić information content (AvgIpc) is 3.61. The molecule has 2 aromatic rings. The van der Waals surface area contributed by atoms with Crippen LogP contribution in [0.15, 0.2) is 48.9 Å². The van der Waals surface area contributed by atoms with Gasteiger partial charge >= 0.3 is 0 Å². The molecule has 36 heavy (non-hydrogen) atoms. The maximum Gasteiger partial charge on any atom is 0.255 e. The minimum Gasteiger partial charge on any atom is -0.497 e. The molecule has 6 rings (SSSR count). The fourth-order valence-electron chi connectivity index (χ4n) is 5.86. The van der Waals surface area contributed by atoms with Crippen molar-refractivity contribution in [2.24, 2.45) is 5.92 Å². The molecule has 0 N–H and O–H groups in total. The van der Waals surface area contributed by atoms with E-state index in [9.17, 15) is 4.79 Å². The lowest BCUT2D eigenvalue weighted by atomic mass is 9.74. The Balaban J connectivity index is 1.19. The van der Waals surface area contributed by atoms with Crippen LogP contribution in [-0.4, -0.2) is 43.6 Å². The first kappa shape index (κ1) is 23.0. The maximum absolute atomic E-state index is 13.8. The van der Waals surface area contributed by atoms with E-state index < -0.39 is 11.3 Å². The van der Waals surface area contributed by atoms with E-state index in [1.54, 1.807) is 19.6 Å². The summed E-state index contributed by atoms with van der Waals surface area (Å²) in [4.78, 5) is 15.8. The molecule has 1 amide bonds. The summed E-state index contributed by atoms with van der Waals surface area (Å²) in [5.74, 6) is 1.72. The second-order valence-electron chi connectivity index (χ2n) is 10.1. The van der Waals surface area contributed by atoms with Crippen molar-refractivity contribution in [3.8, 4) is 17.2 Å². The van der Waals surface area contributed by atoms with E-state index in [1.807, 2.05) is 41.3 Å². The Hall–Kier alpha value is -3.39. The van der Waals surface area contributed by atoms with E-state index in [0.29, 0.717) is 49.7 Å². The van der Waals surface area contributed by atoms with Gasteiger partial charge in [-0.1, -0.05) is 19.1 Å². The Bertz CT molecular complexity index is 1160. The number of ether oxygens (including phenoxy) is 6. The molecule has 1 atom stereocenters. The number of rotatable bonds is 7. The number of amides is 1.